The first kappa shape index (κ1) is 15.0. The van der Waals surface area contributed by atoms with E-state index in [1.165, 1.54) is 0 Å². The zero-order valence-corrected chi connectivity index (χ0v) is 13.0. The number of carbonyl (C=O) groups excluding carboxylic acids is 1. The molecule has 0 aromatic carbocycles. The first-order valence-electron chi connectivity index (χ1n) is 7.33. The predicted molar refractivity (Wildman–Crippen MR) is 77.4 cm³/mol. The van der Waals surface area contributed by atoms with Crippen LogP contribution in [0.1, 0.15) is 42.6 Å². The summed E-state index contributed by atoms with van der Waals surface area (Å²) in [4.78, 5) is 14.0. The number of hydrogen-bond donors (Lipinski definition) is 0. The molecule has 1 amide bonds. The second kappa shape index (κ2) is 6.39. The zero-order chi connectivity index (χ0) is 14.7. The van der Waals surface area contributed by atoms with Crippen molar-refractivity contribution in [2.75, 3.05) is 13.7 Å². The van der Waals surface area contributed by atoms with E-state index in [1.807, 2.05) is 32.6 Å². The highest BCUT2D eigenvalue weighted by Crippen LogP contribution is 2.18. The van der Waals surface area contributed by atoms with Crippen molar-refractivity contribution in [2.24, 2.45) is 7.05 Å². The smallest absolute Gasteiger partial charge is 0.222 e. The van der Waals surface area contributed by atoms with Gasteiger partial charge in [-0.05, 0) is 33.1 Å². The first-order valence-corrected chi connectivity index (χ1v) is 7.33. The third kappa shape index (κ3) is 3.39. The van der Waals surface area contributed by atoms with Crippen molar-refractivity contribution in [3.05, 3.63) is 17.0 Å². The van der Waals surface area contributed by atoms with Gasteiger partial charge in [-0.3, -0.25) is 9.48 Å². The number of carbonyl (C=O) groups is 1. The molecular weight excluding hydrogens is 254 g/mol. The van der Waals surface area contributed by atoms with E-state index < -0.39 is 0 Å². The molecule has 112 valence electrons. The van der Waals surface area contributed by atoms with Crippen LogP contribution in [0.25, 0.3) is 0 Å². The van der Waals surface area contributed by atoms with Crippen molar-refractivity contribution in [2.45, 2.75) is 52.2 Å². The summed E-state index contributed by atoms with van der Waals surface area (Å²) < 4.78 is 7.43. The lowest BCUT2D eigenvalue weighted by Gasteiger charge is -2.18. The highest BCUT2D eigenvalue weighted by atomic mass is 16.5. The summed E-state index contributed by atoms with van der Waals surface area (Å²) in [5.41, 5.74) is 3.28. The summed E-state index contributed by atoms with van der Waals surface area (Å²) in [6.45, 7) is 5.52. The highest BCUT2D eigenvalue weighted by molar-refractivity contribution is 5.75. The number of aryl methyl sites for hydroxylation is 2. The van der Waals surface area contributed by atoms with Crippen molar-refractivity contribution in [3.63, 3.8) is 0 Å². The summed E-state index contributed by atoms with van der Waals surface area (Å²) in [5, 5.41) is 4.39. The minimum atomic E-state index is 0.183. The fourth-order valence-corrected chi connectivity index (χ4v) is 2.72. The molecule has 1 aromatic heterocycles. The molecule has 0 unspecified atom stereocenters. The van der Waals surface area contributed by atoms with E-state index >= 15 is 0 Å². The van der Waals surface area contributed by atoms with Gasteiger partial charge in [-0.25, -0.2) is 0 Å². The maximum absolute atomic E-state index is 12.2. The summed E-state index contributed by atoms with van der Waals surface area (Å²) >= 11 is 0. The fraction of sp³-hybridized carbons (Fsp3) is 0.733. The van der Waals surface area contributed by atoms with E-state index in [-0.39, 0.29) is 12.0 Å². The van der Waals surface area contributed by atoms with Gasteiger partial charge in [0.25, 0.3) is 0 Å². The topological polar surface area (TPSA) is 47.4 Å². The molecular formula is C15H25N3O2. The van der Waals surface area contributed by atoms with Crippen molar-refractivity contribution < 1.29 is 9.53 Å². The van der Waals surface area contributed by atoms with Crippen LogP contribution in [-0.2, 0) is 23.1 Å². The van der Waals surface area contributed by atoms with E-state index in [0.717, 1.165) is 42.8 Å². The lowest BCUT2D eigenvalue weighted by Crippen LogP contribution is -2.27. The summed E-state index contributed by atoms with van der Waals surface area (Å²) in [5.74, 6) is 0.183. The molecule has 0 N–H and O–H groups in total. The van der Waals surface area contributed by atoms with Gasteiger partial charge in [0.1, 0.15) is 0 Å². The lowest BCUT2D eigenvalue weighted by molar-refractivity contribution is -0.131. The number of nitrogens with zero attached hydrogens (tertiary/aromatic N) is 3. The van der Waals surface area contributed by atoms with Crippen molar-refractivity contribution >= 4 is 5.91 Å². The van der Waals surface area contributed by atoms with Crippen molar-refractivity contribution in [1.82, 2.24) is 14.7 Å². The highest BCUT2D eigenvalue weighted by Gasteiger charge is 2.19. The van der Waals surface area contributed by atoms with Gasteiger partial charge in [0.15, 0.2) is 0 Å². The van der Waals surface area contributed by atoms with Crippen LogP contribution in [0, 0.1) is 13.8 Å². The molecule has 0 bridgehead atoms. The Balaban J connectivity index is 1.86. The van der Waals surface area contributed by atoms with Gasteiger partial charge in [-0.2, -0.15) is 5.10 Å². The van der Waals surface area contributed by atoms with Crippen LogP contribution in [0.15, 0.2) is 0 Å². The molecule has 1 aromatic rings. The van der Waals surface area contributed by atoms with Gasteiger partial charge < -0.3 is 9.64 Å². The van der Waals surface area contributed by atoms with Crippen LogP contribution in [0.2, 0.25) is 0 Å². The van der Waals surface area contributed by atoms with E-state index in [0.29, 0.717) is 13.0 Å². The molecule has 1 fully saturated rings. The van der Waals surface area contributed by atoms with Gasteiger partial charge in [-0.1, -0.05) is 0 Å². The maximum Gasteiger partial charge on any atom is 0.222 e. The van der Waals surface area contributed by atoms with E-state index in [4.69, 9.17) is 4.74 Å². The Kier molecular flexibility index (Phi) is 4.81. The average Bonchev–Trinajstić information content (AvgIpc) is 3.00. The van der Waals surface area contributed by atoms with Gasteiger partial charge in [0.2, 0.25) is 5.91 Å². The Bertz CT molecular complexity index is 476. The number of hydrogen-bond acceptors (Lipinski definition) is 3. The van der Waals surface area contributed by atoms with Gasteiger partial charge in [0.05, 0.1) is 11.8 Å². The molecule has 1 atom stereocenters. The van der Waals surface area contributed by atoms with Gasteiger partial charge >= 0.3 is 0 Å². The Labute approximate surface area is 120 Å². The second-order valence-corrected chi connectivity index (χ2v) is 5.70. The second-order valence-electron chi connectivity index (χ2n) is 5.70. The normalized spacial score (nSPS) is 18.5. The van der Waals surface area contributed by atoms with Crippen LogP contribution in [0.4, 0.5) is 0 Å². The Hall–Kier alpha value is -1.36. The zero-order valence-electron chi connectivity index (χ0n) is 13.0. The molecule has 1 saturated heterocycles. The molecule has 20 heavy (non-hydrogen) atoms. The molecule has 2 heterocycles. The first-order chi connectivity index (χ1) is 9.49. The third-order valence-electron chi connectivity index (χ3n) is 4.18. The van der Waals surface area contributed by atoms with Crippen molar-refractivity contribution in [1.29, 1.82) is 0 Å². The van der Waals surface area contributed by atoms with Gasteiger partial charge in [-0.15, -0.1) is 0 Å². The minimum absolute atomic E-state index is 0.183. The number of rotatable bonds is 5. The van der Waals surface area contributed by atoms with Crippen LogP contribution in [-0.4, -0.2) is 40.3 Å². The Morgan fingerprint density at radius 3 is 2.80 bits per heavy atom. The molecule has 2 rings (SSSR count). The largest absolute Gasteiger partial charge is 0.378 e. The molecule has 1 aliphatic rings. The minimum Gasteiger partial charge on any atom is -0.378 e. The SMILES string of the molecule is Cc1nn(C)c(C)c1CN(C)C(=O)CC[C@H]1CCCO1. The molecule has 0 spiro atoms. The fourth-order valence-electron chi connectivity index (χ4n) is 2.72. The molecule has 0 radical (unpaired) electrons. The van der Waals surface area contributed by atoms with Crippen LogP contribution in [0.3, 0.4) is 0 Å². The van der Waals surface area contributed by atoms with Gasteiger partial charge in [0, 0.05) is 44.9 Å². The monoisotopic (exact) mass is 279 g/mol. The molecule has 5 nitrogen and oxygen atoms in total. The van der Waals surface area contributed by atoms with Crippen LogP contribution < -0.4 is 0 Å². The standard InChI is InChI=1S/C15H25N3O2/c1-11-14(12(2)18(4)16-11)10-17(3)15(19)8-7-13-6-5-9-20-13/h13H,5-10H2,1-4H3/t13-/m1/s1. The molecule has 0 aliphatic carbocycles. The summed E-state index contributed by atoms with van der Waals surface area (Å²) in [7, 11) is 3.80. The van der Waals surface area contributed by atoms with E-state index in [2.05, 4.69) is 5.10 Å². The van der Waals surface area contributed by atoms with Crippen LogP contribution >= 0.6 is 0 Å². The van der Waals surface area contributed by atoms with Crippen molar-refractivity contribution in [3.8, 4) is 0 Å². The number of amides is 1. The number of ether oxygens (including phenoxy) is 1. The maximum atomic E-state index is 12.2. The molecule has 5 heteroatoms. The summed E-state index contributed by atoms with van der Waals surface area (Å²) in [6, 6.07) is 0. The quantitative estimate of drug-likeness (QED) is 0.827. The molecule has 0 saturated carbocycles. The lowest BCUT2D eigenvalue weighted by atomic mass is 10.1. The summed E-state index contributed by atoms with van der Waals surface area (Å²) in [6.07, 6.45) is 3.92. The average molecular weight is 279 g/mol. The van der Waals surface area contributed by atoms with E-state index in [9.17, 15) is 4.79 Å². The third-order valence-corrected chi connectivity index (χ3v) is 4.18. The van der Waals surface area contributed by atoms with E-state index in [1.54, 1.807) is 4.90 Å². The number of aromatic nitrogens is 2. The Morgan fingerprint density at radius 2 is 2.25 bits per heavy atom. The Morgan fingerprint density at radius 1 is 1.50 bits per heavy atom. The van der Waals surface area contributed by atoms with Crippen LogP contribution in [0.5, 0.6) is 0 Å². The molecule has 1 aliphatic heterocycles. The predicted octanol–water partition coefficient (Wildman–Crippen LogP) is 1.95.